The maximum absolute atomic E-state index is 11.7. The van der Waals surface area contributed by atoms with Gasteiger partial charge >= 0.3 is 0 Å². The van der Waals surface area contributed by atoms with E-state index in [2.05, 4.69) is 15.5 Å². The average Bonchev–Trinajstić information content (AvgIpc) is 2.46. The predicted octanol–water partition coefficient (Wildman–Crippen LogP) is -0.466. The van der Waals surface area contributed by atoms with Crippen molar-refractivity contribution in [2.75, 3.05) is 40.3 Å². The van der Waals surface area contributed by atoms with Crippen molar-refractivity contribution in [1.29, 1.82) is 0 Å². The molecule has 0 spiro atoms. The summed E-state index contributed by atoms with van der Waals surface area (Å²) in [7, 11) is 0.354. The summed E-state index contributed by atoms with van der Waals surface area (Å²) >= 11 is 0. The lowest BCUT2D eigenvalue weighted by Crippen LogP contribution is -2.32. The van der Waals surface area contributed by atoms with Gasteiger partial charge in [-0.2, -0.15) is 0 Å². The highest BCUT2D eigenvalue weighted by Gasteiger charge is 2.06. The summed E-state index contributed by atoms with van der Waals surface area (Å²) < 4.78 is 22.3. The first kappa shape index (κ1) is 19.6. The third kappa shape index (κ3) is 8.65. The van der Waals surface area contributed by atoms with E-state index in [1.165, 1.54) is 12.1 Å². The van der Waals surface area contributed by atoms with Crippen LogP contribution < -0.4 is 15.8 Å². The molecule has 0 saturated carbocycles. The summed E-state index contributed by atoms with van der Waals surface area (Å²) in [5.74, 6) is 0.00325. The Balaban J connectivity index is 2.20. The highest BCUT2D eigenvalue weighted by molar-refractivity contribution is 7.89. The molecule has 23 heavy (non-hydrogen) atoms. The first-order chi connectivity index (χ1) is 10.8. The zero-order valence-corrected chi connectivity index (χ0v) is 14.5. The van der Waals surface area contributed by atoms with Crippen molar-refractivity contribution in [1.82, 2.24) is 15.5 Å². The number of carbonyl (C=O) groups is 1. The quantitative estimate of drug-likeness (QED) is 0.499. The van der Waals surface area contributed by atoms with Crippen molar-refractivity contribution in [3.05, 3.63) is 29.8 Å². The van der Waals surface area contributed by atoms with E-state index in [9.17, 15) is 13.2 Å². The van der Waals surface area contributed by atoms with Crippen LogP contribution in [0.1, 0.15) is 12.0 Å². The lowest BCUT2D eigenvalue weighted by Gasteiger charge is -2.10. The third-order valence-electron chi connectivity index (χ3n) is 3.25. The summed E-state index contributed by atoms with van der Waals surface area (Å²) in [6.07, 6.45) is 1.09. The molecule has 1 aromatic rings. The number of amides is 1. The molecule has 0 unspecified atom stereocenters. The Bertz CT molecular complexity index is 585. The van der Waals surface area contributed by atoms with Gasteiger partial charge in [0.05, 0.1) is 4.90 Å². The number of hydrogen-bond acceptors (Lipinski definition) is 5. The number of sulfonamides is 1. The van der Waals surface area contributed by atoms with Crippen molar-refractivity contribution in [2.24, 2.45) is 5.14 Å². The van der Waals surface area contributed by atoms with Gasteiger partial charge in [0, 0.05) is 32.6 Å². The van der Waals surface area contributed by atoms with Crippen molar-refractivity contribution in [2.45, 2.75) is 17.7 Å². The Labute approximate surface area is 138 Å². The number of carbonyl (C=O) groups excluding carboxylic acids is 1. The molecule has 1 amide bonds. The second kappa shape index (κ2) is 9.61. The minimum absolute atomic E-state index is 0.00325. The molecule has 0 radical (unpaired) electrons. The maximum atomic E-state index is 11.7. The molecule has 4 N–H and O–H groups in total. The van der Waals surface area contributed by atoms with Crippen molar-refractivity contribution >= 4 is 15.9 Å². The van der Waals surface area contributed by atoms with Crippen LogP contribution in [0.5, 0.6) is 0 Å². The monoisotopic (exact) mass is 342 g/mol. The van der Waals surface area contributed by atoms with Gasteiger partial charge < -0.3 is 15.5 Å². The zero-order chi connectivity index (χ0) is 17.3. The fourth-order valence-electron chi connectivity index (χ4n) is 1.91. The van der Waals surface area contributed by atoms with Gasteiger partial charge in [0.1, 0.15) is 0 Å². The van der Waals surface area contributed by atoms with Crippen LogP contribution >= 0.6 is 0 Å². The van der Waals surface area contributed by atoms with Crippen LogP contribution in [0.15, 0.2) is 29.2 Å². The molecule has 0 atom stereocenters. The number of benzene rings is 1. The molecule has 0 saturated heterocycles. The molecular formula is C15H26N4O3S. The van der Waals surface area contributed by atoms with E-state index in [-0.39, 0.29) is 10.8 Å². The van der Waals surface area contributed by atoms with Crippen LogP contribution in [0.25, 0.3) is 0 Å². The minimum Gasteiger partial charge on any atom is -0.356 e. The third-order valence-corrected chi connectivity index (χ3v) is 4.18. The Hall–Kier alpha value is -1.48. The molecule has 8 heteroatoms. The van der Waals surface area contributed by atoms with Crippen LogP contribution in [0.4, 0.5) is 0 Å². The molecular weight excluding hydrogens is 316 g/mol. The highest BCUT2D eigenvalue weighted by Crippen LogP contribution is 2.08. The number of nitrogens with one attached hydrogen (secondary N) is 2. The molecule has 1 rings (SSSR count). The van der Waals surface area contributed by atoms with Gasteiger partial charge in [0.2, 0.25) is 15.9 Å². The van der Waals surface area contributed by atoms with Crippen LogP contribution in [-0.4, -0.2) is 59.5 Å². The number of nitrogens with two attached hydrogens (primary N) is 1. The molecule has 0 heterocycles. The second-order valence-corrected chi connectivity index (χ2v) is 7.15. The summed E-state index contributed by atoms with van der Waals surface area (Å²) in [6, 6.07) is 6.35. The van der Waals surface area contributed by atoms with E-state index in [4.69, 9.17) is 5.14 Å². The molecule has 0 aliphatic heterocycles. The van der Waals surface area contributed by atoms with E-state index < -0.39 is 10.0 Å². The topological polar surface area (TPSA) is 105 Å². The average molecular weight is 342 g/mol. The van der Waals surface area contributed by atoms with Crippen molar-refractivity contribution in [3.8, 4) is 0 Å². The molecule has 130 valence electrons. The van der Waals surface area contributed by atoms with E-state index in [1.807, 2.05) is 14.1 Å². The fraction of sp³-hybridized carbons (Fsp3) is 0.533. The lowest BCUT2D eigenvalue weighted by molar-refractivity contribution is -0.120. The van der Waals surface area contributed by atoms with Gasteiger partial charge in [-0.3, -0.25) is 4.79 Å². The standard InChI is InChI=1S/C15H26N4O3S/c1-19(2)12-11-17-9-8-15(20)18-10-7-13-3-5-14(6-4-13)23(16,21)22/h3-6,17H,7-12H2,1-2H3,(H,18,20)(H2,16,21,22). The molecule has 7 nitrogen and oxygen atoms in total. The Morgan fingerprint density at radius 3 is 2.35 bits per heavy atom. The lowest BCUT2D eigenvalue weighted by atomic mass is 10.1. The Morgan fingerprint density at radius 1 is 1.13 bits per heavy atom. The summed E-state index contributed by atoms with van der Waals surface area (Å²) in [5.41, 5.74) is 0.946. The number of rotatable bonds is 10. The van der Waals surface area contributed by atoms with Crippen LogP contribution in [-0.2, 0) is 21.2 Å². The van der Waals surface area contributed by atoms with Gasteiger partial charge in [0.15, 0.2) is 0 Å². The number of primary sulfonamides is 1. The summed E-state index contributed by atoms with van der Waals surface area (Å²) in [5, 5.41) is 11.1. The number of hydrogen-bond donors (Lipinski definition) is 3. The van der Waals surface area contributed by atoms with Crippen molar-refractivity contribution in [3.63, 3.8) is 0 Å². The maximum Gasteiger partial charge on any atom is 0.238 e. The molecule has 0 aliphatic rings. The Kier molecular flexibility index (Phi) is 8.18. The molecule has 0 aromatic heterocycles. The van der Waals surface area contributed by atoms with Gasteiger partial charge in [0.25, 0.3) is 0 Å². The predicted molar refractivity (Wildman–Crippen MR) is 90.6 cm³/mol. The molecule has 0 fully saturated rings. The first-order valence-electron chi connectivity index (χ1n) is 7.53. The van der Waals surface area contributed by atoms with Crippen molar-refractivity contribution < 1.29 is 13.2 Å². The van der Waals surface area contributed by atoms with Gasteiger partial charge in [-0.25, -0.2) is 13.6 Å². The summed E-state index contributed by atoms with van der Waals surface area (Å²) in [6.45, 7) is 2.97. The van der Waals surface area contributed by atoms with Gasteiger partial charge in [-0.15, -0.1) is 0 Å². The fourth-order valence-corrected chi connectivity index (χ4v) is 2.43. The number of likely N-dealkylation sites (N-methyl/N-ethyl adjacent to an activating group) is 1. The largest absolute Gasteiger partial charge is 0.356 e. The zero-order valence-electron chi connectivity index (χ0n) is 13.7. The summed E-state index contributed by atoms with van der Waals surface area (Å²) in [4.78, 5) is 13.8. The normalized spacial score (nSPS) is 11.7. The van der Waals surface area contributed by atoms with Gasteiger partial charge in [-0.05, 0) is 38.2 Å². The van der Waals surface area contributed by atoms with E-state index >= 15 is 0 Å². The highest BCUT2D eigenvalue weighted by atomic mass is 32.2. The molecule has 0 aliphatic carbocycles. The molecule has 1 aromatic carbocycles. The van der Waals surface area contributed by atoms with Crippen LogP contribution in [0.2, 0.25) is 0 Å². The molecule has 0 bridgehead atoms. The minimum atomic E-state index is -3.65. The first-order valence-corrected chi connectivity index (χ1v) is 9.07. The van der Waals surface area contributed by atoms with E-state index in [0.29, 0.717) is 25.9 Å². The van der Waals surface area contributed by atoms with Gasteiger partial charge in [-0.1, -0.05) is 12.1 Å². The second-order valence-electron chi connectivity index (χ2n) is 5.59. The Morgan fingerprint density at radius 2 is 1.78 bits per heavy atom. The SMILES string of the molecule is CN(C)CCNCCC(=O)NCCc1ccc(S(N)(=O)=O)cc1. The van der Waals surface area contributed by atoms with E-state index in [1.54, 1.807) is 12.1 Å². The van der Waals surface area contributed by atoms with Crippen LogP contribution in [0, 0.1) is 0 Å². The van der Waals surface area contributed by atoms with E-state index in [0.717, 1.165) is 18.7 Å². The van der Waals surface area contributed by atoms with Crippen LogP contribution in [0.3, 0.4) is 0 Å². The smallest absolute Gasteiger partial charge is 0.238 e. The number of nitrogens with zero attached hydrogens (tertiary/aromatic N) is 1.